The van der Waals surface area contributed by atoms with E-state index >= 15 is 0 Å². The van der Waals surface area contributed by atoms with Gasteiger partial charge in [0, 0.05) is 18.2 Å². The second-order valence-electron chi connectivity index (χ2n) is 4.82. The van der Waals surface area contributed by atoms with Crippen molar-refractivity contribution in [3.05, 3.63) is 34.2 Å². The first-order valence-electron chi connectivity index (χ1n) is 5.48. The number of aromatic amines is 1. The zero-order chi connectivity index (χ0) is 13.1. The summed E-state index contributed by atoms with van der Waals surface area (Å²) < 4.78 is 0. The zero-order valence-electron chi connectivity index (χ0n) is 10.7. The van der Waals surface area contributed by atoms with Crippen LogP contribution >= 0.6 is 0 Å². The number of hydrogen-bond acceptors (Lipinski definition) is 3. The molecule has 5 heteroatoms. The molecule has 1 amide bonds. The molecule has 0 unspecified atom stereocenters. The molecule has 1 rings (SSSR count). The number of nitrogens with zero attached hydrogens (tertiary/aromatic N) is 1. The summed E-state index contributed by atoms with van der Waals surface area (Å²) in [5.74, 6) is -0.266. The summed E-state index contributed by atoms with van der Waals surface area (Å²) in [6, 6.07) is 4.52. The summed E-state index contributed by atoms with van der Waals surface area (Å²) in [5.41, 5.74) is -0.123. The Hall–Kier alpha value is -1.62. The lowest BCUT2D eigenvalue weighted by Crippen LogP contribution is -2.48. The molecule has 0 aliphatic rings. The Kier molecular flexibility index (Phi) is 4.07. The monoisotopic (exact) mass is 237 g/mol. The lowest BCUT2D eigenvalue weighted by molar-refractivity contribution is 0.0914. The van der Waals surface area contributed by atoms with Crippen molar-refractivity contribution < 1.29 is 4.79 Å². The molecular formula is C12H19N3O2. The highest BCUT2D eigenvalue weighted by molar-refractivity contribution is 5.92. The Labute approximate surface area is 101 Å². The summed E-state index contributed by atoms with van der Waals surface area (Å²) in [5, 5.41) is 2.80. The lowest BCUT2D eigenvalue weighted by atomic mass is 10.0. The third kappa shape index (κ3) is 3.71. The molecule has 0 aromatic carbocycles. The zero-order valence-corrected chi connectivity index (χ0v) is 10.7. The number of nitrogens with one attached hydrogen (secondary N) is 2. The van der Waals surface area contributed by atoms with Gasteiger partial charge in [-0.1, -0.05) is 6.07 Å². The largest absolute Gasteiger partial charge is 0.349 e. The number of pyridine rings is 1. The Balaban J connectivity index is 2.65. The first-order valence-corrected chi connectivity index (χ1v) is 5.48. The highest BCUT2D eigenvalue weighted by Gasteiger charge is 2.21. The van der Waals surface area contributed by atoms with Crippen molar-refractivity contribution in [1.82, 2.24) is 15.2 Å². The number of aromatic nitrogens is 1. The molecule has 17 heavy (non-hydrogen) atoms. The summed E-state index contributed by atoms with van der Waals surface area (Å²) in [6.45, 7) is 4.57. The number of rotatable bonds is 4. The van der Waals surface area contributed by atoms with Gasteiger partial charge in [0.2, 0.25) is 5.56 Å². The average molecular weight is 237 g/mol. The fourth-order valence-electron chi connectivity index (χ4n) is 1.13. The third-order valence-electron chi connectivity index (χ3n) is 2.91. The minimum absolute atomic E-state index is 0.134. The first-order chi connectivity index (χ1) is 7.83. The van der Waals surface area contributed by atoms with E-state index < -0.39 is 0 Å². The van der Waals surface area contributed by atoms with Crippen LogP contribution in [0.5, 0.6) is 0 Å². The minimum atomic E-state index is -0.274. The molecular weight excluding hydrogens is 218 g/mol. The van der Waals surface area contributed by atoms with Crippen molar-refractivity contribution in [3.63, 3.8) is 0 Å². The van der Waals surface area contributed by atoms with Crippen LogP contribution in [0.1, 0.15) is 24.3 Å². The number of H-pyrrole nitrogens is 1. The molecule has 0 aliphatic heterocycles. The highest BCUT2D eigenvalue weighted by atomic mass is 16.2. The van der Waals surface area contributed by atoms with Crippen LogP contribution in [0.4, 0.5) is 0 Å². The fourth-order valence-corrected chi connectivity index (χ4v) is 1.13. The maximum absolute atomic E-state index is 11.8. The van der Waals surface area contributed by atoms with Gasteiger partial charge in [-0.25, -0.2) is 0 Å². The van der Waals surface area contributed by atoms with E-state index in [1.165, 1.54) is 6.07 Å². The highest BCUT2D eigenvalue weighted by Crippen LogP contribution is 2.07. The maximum atomic E-state index is 11.8. The Morgan fingerprint density at radius 3 is 2.59 bits per heavy atom. The molecule has 1 aromatic rings. The second kappa shape index (κ2) is 5.14. The lowest BCUT2D eigenvalue weighted by Gasteiger charge is -2.32. The van der Waals surface area contributed by atoms with Crippen LogP contribution in [-0.4, -0.2) is 42.0 Å². The fraction of sp³-hybridized carbons (Fsp3) is 0.500. The van der Waals surface area contributed by atoms with E-state index in [1.54, 1.807) is 12.1 Å². The van der Waals surface area contributed by atoms with Gasteiger partial charge in [-0.05, 0) is 34.0 Å². The molecule has 1 heterocycles. The summed E-state index contributed by atoms with van der Waals surface area (Å²) in [7, 11) is 3.91. The predicted molar refractivity (Wildman–Crippen MR) is 67.2 cm³/mol. The molecule has 0 saturated carbocycles. The maximum Gasteiger partial charge on any atom is 0.267 e. The number of amides is 1. The van der Waals surface area contributed by atoms with E-state index in [4.69, 9.17) is 0 Å². The molecule has 0 atom stereocenters. The van der Waals surface area contributed by atoms with Gasteiger partial charge < -0.3 is 15.2 Å². The van der Waals surface area contributed by atoms with Gasteiger partial charge in [-0.15, -0.1) is 0 Å². The van der Waals surface area contributed by atoms with Crippen LogP contribution in [-0.2, 0) is 0 Å². The van der Waals surface area contributed by atoms with E-state index in [1.807, 2.05) is 32.8 Å². The number of likely N-dealkylation sites (N-methyl/N-ethyl adjacent to an activating group) is 1. The Morgan fingerprint density at radius 1 is 1.41 bits per heavy atom. The van der Waals surface area contributed by atoms with Gasteiger partial charge in [0.25, 0.3) is 5.91 Å². The van der Waals surface area contributed by atoms with Crippen molar-refractivity contribution in [2.75, 3.05) is 20.6 Å². The van der Waals surface area contributed by atoms with Crippen molar-refractivity contribution in [2.45, 2.75) is 19.4 Å². The van der Waals surface area contributed by atoms with Crippen molar-refractivity contribution in [2.24, 2.45) is 0 Å². The van der Waals surface area contributed by atoms with Gasteiger partial charge in [0.15, 0.2) is 0 Å². The second-order valence-corrected chi connectivity index (χ2v) is 4.82. The average Bonchev–Trinajstić information content (AvgIpc) is 2.25. The number of carbonyl (C=O) groups is 1. The first kappa shape index (κ1) is 13.4. The van der Waals surface area contributed by atoms with Crippen LogP contribution in [0, 0.1) is 0 Å². The molecule has 0 fully saturated rings. The predicted octanol–water partition coefficient (Wildman–Crippen LogP) is 0.445. The van der Waals surface area contributed by atoms with E-state index in [-0.39, 0.29) is 22.7 Å². The number of hydrogen-bond donors (Lipinski definition) is 2. The van der Waals surface area contributed by atoms with Gasteiger partial charge in [0.05, 0.1) is 0 Å². The van der Waals surface area contributed by atoms with Gasteiger partial charge in [0.1, 0.15) is 5.69 Å². The van der Waals surface area contributed by atoms with Crippen LogP contribution in [0.2, 0.25) is 0 Å². The summed E-state index contributed by atoms with van der Waals surface area (Å²) >= 11 is 0. The molecule has 0 aliphatic carbocycles. The SMILES string of the molecule is CN(C)C(C)(C)CNC(=O)c1cccc(=O)[nH]1. The smallest absolute Gasteiger partial charge is 0.267 e. The summed E-state index contributed by atoms with van der Waals surface area (Å²) in [4.78, 5) is 27.3. The van der Waals surface area contributed by atoms with Gasteiger partial charge in [-0.2, -0.15) is 0 Å². The minimum Gasteiger partial charge on any atom is -0.349 e. The van der Waals surface area contributed by atoms with E-state index in [0.29, 0.717) is 6.54 Å². The standard InChI is InChI=1S/C12H19N3O2/c1-12(2,15(3)4)8-13-11(17)9-6-5-7-10(16)14-9/h5-7H,8H2,1-4H3,(H,13,17)(H,14,16). The van der Waals surface area contributed by atoms with E-state index in [0.717, 1.165) is 0 Å². The molecule has 1 aromatic heterocycles. The molecule has 0 bridgehead atoms. The normalized spacial score (nSPS) is 11.6. The molecule has 0 radical (unpaired) electrons. The topological polar surface area (TPSA) is 65.2 Å². The van der Waals surface area contributed by atoms with Crippen LogP contribution < -0.4 is 10.9 Å². The quantitative estimate of drug-likeness (QED) is 0.799. The molecule has 0 spiro atoms. The Morgan fingerprint density at radius 2 is 2.06 bits per heavy atom. The molecule has 94 valence electrons. The third-order valence-corrected chi connectivity index (χ3v) is 2.91. The molecule has 2 N–H and O–H groups in total. The van der Waals surface area contributed by atoms with Crippen LogP contribution in [0.3, 0.4) is 0 Å². The Bertz CT molecular complexity index is 449. The van der Waals surface area contributed by atoms with Crippen LogP contribution in [0.25, 0.3) is 0 Å². The van der Waals surface area contributed by atoms with E-state index in [2.05, 4.69) is 10.3 Å². The van der Waals surface area contributed by atoms with Crippen LogP contribution in [0.15, 0.2) is 23.0 Å². The van der Waals surface area contributed by atoms with E-state index in [9.17, 15) is 9.59 Å². The van der Waals surface area contributed by atoms with Gasteiger partial charge >= 0.3 is 0 Å². The van der Waals surface area contributed by atoms with Crippen molar-refractivity contribution >= 4 is 5.91 Å². The van der Waals surface area contributed by atoms with Crippen molar-refractivity contribution in [1.29, 1.82) is 0 Å². The number of carbonyl (C=O) groups excluding carboxylic acids is 1. The molecule has 5 nitrogen and oxygen atoms in total. The summed E-state index contributed by atoms with van der Waals surface area (Å²) in [6.07, 6.45) is 0. The molecule has 0 saturated heterocycles. The van der Waals surface area contributed by atoms with Crippen molar-refractivity contribution in [3.8, 4) is 0 Å². The van der Waals surface area contributed by atoms with Gasteiger partial charge in [-0.3, -0.25) is 9.59 Å².